The molecule has 36 heavy (non-hydrogen) atoms. The molecule has 2 aliphatic rings. The summed E-state index contributed by atoms with van der Waals surface area (Å²) in [5.41, 5.74) is 8.30. The minimum Gasteiger partial charge on any atom is -0.466 e. The number of nitriles is 1. The maximum atomic E-state index is 13.1. The van der Waals surface area contributed by atoms with E-state index in [0.717, 1.165) is 5.56 Å². The smallest absolute Gasteiger partial charge is 0.407 e. The normalized spacial score (nSPS) is 19.4. The lowest BCUT2D eigenvalue weighted by Crippen LogP contribution is -2.40. The van der Waals surface area contributed by atoms with Gasteiger partial charge in [0.1, 0.15) is 18.1 Å². The first-order valence-corrected chi connectivity index (χ1v) is 11.1. The molecule has 0 spiro atoms. The second-order valence-electron chi connectivity index (χ2n) is 8.15. The van der Waals surface area contributed by atoms with Gasteiger partial charge in [0.15, 0.2) is 0 Å². The van der Waals surface area contributed by atoms with E-state index in [9.17, 15) is 19.6 Å². The largest absolute Gasteiger partial charge is 0.466 e. The highest BCUT2D eigenvalue weighted by molar-refractivity contribution is 6.06. The summed E-state index contributed by atoms with van der Waals surface area (Å²) in [4.78, 5) is 38.8. The number of amides is 1. The molecule has 1 fully saturated rings. The van der Waals surface area contributed by atoms with E-state index in [1.54, 1.807) is 54.6 Å². The average Bonchev–Trinajstić information content (AvgIpc) is 3.32. The van der Waals surface area contributed by atoms with Crippen molar-refractivity contribution >= 4 is 23.7 Å². The number of esters is 2. The zero-order valence-corrected chi connectivity index (χ0v) is 19.7. The van der Waals surface area contributed by atoms with Crippen molar-refractivity contribution in [3.05, 3.63) is 88.4 Å². The molecule has 2 aliphatic heterocycles. The van der Waals surface area contributed by atoms with Gasteiger partial charge in [-0.3, -0.25) is 4.90 Å². The number of ether oxygens (including phenoxy) is 3. The number of allylic oxidation sites excluding steroid dienone is 1. The van der Waals surface area contributed by atoms with Crippen LogP contribution in [0.3, 0.4) is 0 Å². The van der Waals surface area contributed by atoms with Crippen LogP contribution in [0.1, 0.15) is 17.0 Å². The first-order valence-electron chi connectivity index (χ1n) is 11.1. The lowest BCUT2D eigenvalue weighted by Gasteiger charge is -2.36. The summed E-state index contributed by atoms with van der Waals surface area (Å²) >= 11 is 0. The molecule has 0 bridgehead atoms. The Bertz CT molecular complexity index is 1290. The fourth-order valence-corrected chi connectivity index (χ4v) is 4.38. The Kier molecular flexibility index (Phi) is 6.92. The number of cyclic esters (lactones) is 1. The van der Waals surface area contributed by atoms with Gasteiger partial charge in [-0.15, -0.1) is 0 Å². The Morgan fingerprint density at radius 1 is 1.11 bits per heavy atom. The van der Waals surface area contributed by atoms with Crippen LogP contribution >= 0.6 is 0 Å². The highest BCUT2D eigenvalue weighted by Crippen LogP contribution is 2.43. The first kappa shape index (κ1) is 24.3. The maximum absolute atomic E-state index is 13.1. The lowest BCUT2D eigenvalue weighted by molar-refractivity contribution is -0.139. The van der Waals surface area contributed by atoms with Crippen molar-refractivity contribution in [1.82, 2.24) is 5.32 Å². The quantitative estimate of drug-likeness (QED) is 0.462. The molecule has 2 aromatic carbocycles. The summed E-state index contributed by atoms with van der Waals surface area (Å²) in [5.74, 6) is -2.54. The zero-order valence-electron chi connectivity index (χ0n) is 19.7. The van der Waals surface area contributed by atoms with E-state index in [-0.39, 0.29) is 35.3 Å². The Balaban J connectivity index is 1.84. The summed E-state index contributed by atoms with van der Waals surface area (Å²) in [6.45, 7) is 0.270. The Morgan fingerprint density at radius 2 is 1.78 bits per heavy atom. The predicted octanol–water partition coefficient (Wildman–Crippen LogP) is 2.24. The number of carbonyl (C=O) groups excluding carboxylic acids is 3. The minimum absolute atomic E-state index is 0.0105. The molecule has 2 aromatic rings. The summed E-state index contributed by atoms with van der Waals surface area (Å²) in [6.07, 6.45) is 0.0762. The van der Waals surface area contributed by atoms with Gasteiger partial charge < -0.3 is 25.3 Å². The number of carbonyl (C=O) groups is 3. The van der Waals surface area contributed by atoms with Crippen LogP contribution in [0.2, 0.25) is 0 Å². The van der Waals surface area contributed by atoms with Crippen molar-refractivity contribution in [2.75, 3.05) is 25.7 Å². The molecular formula is C26H24N4O6. The second-order valence-corrected chi connectivity index (χ2v) is 8.15. The molecular weight excluding hydrogens is 464 g/mol. The van der Waals surface area contributed by atoms with Crippen molar-refractivity contribution in [3.63, 3.8) is 0 Å². The fraction of sp³-hybridized carbons (Fsp3) is 0.231. The molecule has 0 aromatic heterocycles. The number of hydrogen-bond donors (Lipinski definition) is 2. The highest BCUT2D eigenvalue weighted by Gasteiger charge is 2.43. The van der Waals surface area contributed by atoms with Gasteiger partial charge in [0.2, 0.25) is 0 Å². The van der Waals surface area contributed by atoms with Crippen LogP contribution in [-0.4, -0.2) is 44.9 Å². The molecule has 0 saturated carbocycles. The summed E-state index contributed by atoms with van der Waals surface area (Å²) in [6, 6.07) is 17.8. The highest BCUT2D eigenvalue weighted by atomic mass is 16.6. The number of benzene rings is 2. The molecule has 4 rings (SSSR count). The van der Waals surface area contributed by atoms with E-state index in [0.29, 0.717) is 17.7 Å². The summed E-state index contributed by atoms with van der Waals surface area (Å²) in [7, 11) is 2.39. The molecule has 3 N–H and O–H groups in total. The van der Waals surface area contributed by atoms with Gasteiger partial charge in [0.05, 0.1) is 43.4 Å². The van der Waals surface area contributed by atoms with Crippen LogP contribution in [-0.2, 0) is 30.2 Å². The average molecular weight is 489 g/mol. The summed E-state index contributed by atoms with van der Waals surface area (Å²) < 4.78 is 15.0. The Labute approximate surface area is 207 Å². The maximum Gasteiger partial charge on any atom is 0.407 e. The van der Waals surface area contributed by atoms with Crippen molar-refractivity contribution in [3.8, 4) is 6.07 Å². The summed E-state index contributed by atoms with van der Waals surface area (Å²) in [5, 5.41) is 12.8. The molecule has 184 valence electrons. The predicted molar refractivity (Wildman–Crippen MR) is 128 cm³/mol. The van der Waals surface area contributed by atoms with Crippen LogP contribution in [0, 0.1) is 11.3 Å². The second kappa shape index (κ2) is 10.2. The van der Waals surface area contributed by atoms with Crippen LogP contribution in [0.25, 0.3) is 0 Å². The molecule has 10 heteroatoms. The first-order chi connectivity index (χ1) is 17.4. The molecule has 10 nitrogen and oxygen atoms in total. The van der Waals surface area contributed by atoms with Gasteiger partial charge in [-0.05, 0) is 29.7 Å². The van der Waals surface area contributed by atoms with Gasteiger partial charge in [-0.2, -0.15) is 5.26 Å². The van der Waals surface area contributed by atoms with Crippen LogP contribution in [0.15, 0.2) is 77.3 Å². The standard InChI is InChI=1S/C26H24N4O6/c1-34-24(31)21-20(16-6-4-3-5-7-16)19(13-27)23(28)30(22(21)25(32)35-2)18-10-8-15(9-11-18)12-17-14-36-26(33)29-17/h3-11,17,20H,12,14,28H2,1-2H3,(H,29,33). The zero-order chi connectivity index (χ0) is 25.8. The third kappa shape index (κ3) is 4.46. The third-order valence-electron chi connectivity index (χ3n) is 6.02. The van der Waals surface area contributed by atoms with Gasteiger partial charge in [-0.25, -0.2) is 14.4 Å². The number of nitrogens with one attached hydrogen (secondary N) is 1. The van der Waals surface area contributed by atoms with Gasteiger partial charge >= 0.3 is 18.0 Å². The van der Waals surface area contributed by atoms with Crippen molar-refractivity contribution in [1.29, 1.82) is 5.26 Å². The molecule has 1 saturated heterocycles. The van der Waals surface area contributed by atoms with E-state index >= 15 is 0 Å². The Morgan fingerprint density at radius 3 is 2.33 bits per heavy atom. The van der Waals surface area contributed by atoms with E-state index in [1.165, 1.54) is 19.1 Å². The number of rotatable bonds is 6. The number of nitrogens with zero attached hydrogens (tertiary/aromatic N) is 2. The third-order valence-corrected chi connectivity index (χ3v) is 6.02. The van der Waals surface area contributed by atoms with Crippen LogP contribution < -0.4 is 16.0 Å². The fourth-order valence-electron chi connectivity index (χ4n) is 4.38. The van der Waals surface area contributed by atoms with Gasteiger partial charge in [0, 0.05) is 5.69 Å². The lowest BCUT2D eigenvalue weighted by atomic mass is 9.81. The van der Waals surface area contributed by atoms with E-state index in [4.69, 9.17) is 19.9 Å². The van der Waals surface area contributed by atoms with E-state index in [2.05, 4.69) is 11.4 Å². The van der Waals surface area contributed by atoms with Crippen LogP contribution in [0.4, 0.5) is 10.5 Å². The molecule has 1 amide bonds. The minimum atomic E-state index is -0.931. The number of nitrogens with two attached hydrogens (primary N) is 1. The monoisotopic (exact) mass is 488 g/mol. The molecule has 0 radical (unpaired) electrons. The molecule has 2 heterocycles. The van der Waals surface area contributed by atoms with Gasteiger partial charge in [0.25, 0.3) is 0 Å². The SMILES string of the molecule is COC(=O)C1=C(C(=O)OC)N(c2ccc(CC3COC(=O)N3)cc2)C(N)=C(C#N)C1c1ccccc1. The molecule has 0 aliphatic carbocycles. The topological polar surface area (TPSA) is 144 Å². The van der Waals surface area contributed by atoms with Crippen molar-refractivity contribution in [2.45, 2.75) is 18.4 Å². The number of methoxy groups -OCH3 is 2. The molecule has 2 unspecified atom stereocenters. The van der Waals surface area contributed by atoms with E-state index < -0.39 is 23.9 Å². The number of hydrogen-bond acceptors (Lipinski definition) is 9. The molecule has 2 atom stereocenters. The number of alkyl carbamates (subject to hydrolysis) is 1. The van der Waals surface area contributed by atoms with E-state index in [1.807, 2.05) is 0 Å². The Hall–Kier alpha value is -4.78. The number of anilines is 1. The van der Waals surface area contributed by atoms with Crippen molar-refractivity contribution < 1.29 is 28.6 Å². The van der Waals surface area contributed by atoms with Crippen LogP contribution in [0.5, 0.6) is 0 Å². The van der Waals surface area contributed by atoms with Crippen molar-refractivity contribution in [2.24, 2.45) is 5.73 Å². The van der Waals surface area contributed by atoms with Gasteiger partial charge in [-0.1, -0.05) is 42.5 Å².